The Morgan fingerprint density at radius 2 is 1.78 bits per heavy atom. The highest BCUT2D eigenvalue weighted by molar-refractivity contribution is 6.32. The summed E-state index contributed by atoms with van der Waals surface area (Å²) in [4.78, 5) is 37.5. The van der Waals surface area contributed by atoms with Gasteiger partial charge in [-0.2, -0.15) is 0 Å². The number of hydrogen-bond acceptors (Lipinski definition) is 6. The second kappa shape index (κ2) is 9.40. The summed E-state index contributed by atoms with van der Waals surface area (Å²) in [6, 6.07) is 9.59. The molecule has 1 fully saturated rings. The third-order valence-corrected chi connectivity index (χ3v) is 5.91. The van der Waals surface area contributed by atoms with Gasteiger partial charge in [-0.3, -0.25) is 19.7 Å². The average molecular weight is 457 g/mol. The summed E-state index contributed by atoms with van der Waals surface area (Å²) in [6.07, 6.45) is 4.05. The number of ketones is 1. The van der Waals surface area contributed by atoms with E-state index in [0.717, 1.165) is 0 Å². The van der Waals surface area contributed by atoms with Crippen LogP contribution >= 0.6 is 11.6 Å². The maximum Gasteiger partial charge on any atom is 0.288 e. The number of nitro benzene ring substituents is 1. The first-order chi connectivity index (χ1) is 15.4. The standard InChI is InChI=1S/C23H21ClN2O6/c24-18-4-1-15(13-19(18)26(29)30)2-6-22(27)25-9-7-16(8-10-25)23(28)17-3-5-20-21(14-17)32-12-11-31-20/h1-6,13-14,16H,7-12H2/b6-2+. The average Bonchev–Trinajstić information content (AvgIpc) is 2.82. The Hall–Kier alpha value is -3.39. The lowest BCUT2D eigenvalue weighted by Gasteiger charge is -2.30. The van der Waals surface area contributed by atoms with E-state index >= 15 is 0 Å². The number of nitro groups is 1. The molecule has 0 saturated carbocycles. The zero-order valence-corrected chi connectivity index (χ0v) is 17.9. The maximum atomic E-state index is 12.9. The first-order valence-electron chi connectivity index (χ1n) is 10.3. The van der Waals surface area contributed by atoms with E-state index in [-0.39, 0.29) is 28.3 Å². The molecule has 0 N–H and O–H groups in total. The Morgan fingerprint density at radius 1 is 1.06 bits per heavy atom. The molecule has 4 rings (SSSR count). The van der Waals surface area contributed by atoms with Crippen molar-refractivity contribution >= 4 is 35.1 Å². The summed E-state index contributed by atoms with van der Waals surface area (Å²) in [5.41, 5.74) is 0.890. The molecule has 0 spiro atoms. The van der Waals surface area contributed by atoms with Gasteiger partial charge in [-0.05, 0) is 48.7 Å². The third kappa shape index (κ3) is 4.75. The minimum Gasteiger partial charge on any atom is -0.486 e. The molecule has 0 atom stereocenters. The van der Waals surface area contributed by atoms with Gasteiger partial charge in [0.2, 0.25) is 5.91 Å². The van der Waals surface area contributed by atoms with E-state index in [1.54, 1.807) is 29.2 Å². The number of rotatable bonds is 5. The highest BCUT2D eigenvalue weighted by Crippen LogP contribution is 2.32. The summed E-state index contributed by atoms with van der Waals surface area (Å²) in [7, 11) is 0. The van der Waals surface area contributed by atoms with Crippen LogP contribution in [0.15, 0.2) is 42.5 Å². The number of nitrogens with zero attached hydrogens (tertiary/aromatic N) is 2. The maximum absolute atomic E-state index is 12.9. The van der Waals surface area contributed by atoms with Gasteiger partial charge in [0.15, 0.2) is 17.3 Å². The highest BCUT2D eigenvalue weighted by atomic mass is 35.5. The van der Waals surface area contributed by atoms with E-state index in [9.17, 15) is 19.7 Å². The van der Waals surface area contributed by atoms with Gasteiger partial charge in [-0.15, -0.1) is 0 Å². The first-order valence-corrected chi connectivity index (χ1v) is 10.6. The lowest BCUT2D eigenvalue weighted by atomic mass is 9.88. The summed E-state index contributed by atoms with van der Waals surface area (Å²) >= 11 is 5.81. The summed E-state index contributed by atoms with van der Waals surface area (Å²) in [6.45, 7) is 1.88. The molecule has 2 heterocycles. The van der Waals surface area contributed by atoms with E-state index < -0.39 is 4.92 Å². The van der Waals surface area contributed by atoms with E-state index in [1.165, 1.54) is 24.3 Å². The Balaban J connectivity index is 1.35. The first kappa shape index (κ1) is 21.8. The molecule has 2 aromatic carbocycles. The number of fused-ring (bicyclic) bond motifs is 1. The summed E-state index contributed by atoms with van der Waals surface area (Å²) in [5.74, 6) is 0.906. The van der Waals surface area contributed by atoms with Crippen LogP contribution < -0.4 is 9.47 Å². The van der Waals surface area contributed by atoms with Crippen LogP contribution in [0, 0.1) is 16.0 Å². The molecule has 2 aliphatic heterocycles. The number of likely N-dealkylation sites (tertiary alicyclic amines) is 1. The molecule has 0 aliphatic carbocycles. The molecule has 0 aromatic heterocycles. The van der Waals surface area contributed by atoms with Crippen molar-refractivity contribution in [3.05, 3.63) is 68.7 Å². The molecule has 166 valence electrons. The fourth-order valence-corrected chi connectivity index (χ4v) is 4.03. The predicted octanol–water partition coefficient (Wildman–Crippen LogP) is 4.15. The van der Waals surface area contributed by atoms with Crippen molar-refractivity contribution in [1.82, 2.24) is 4.90 Å². The predicted molar refractivity (Wildman–Crippen MR) is 118 cm³/mol. The molecular weight excluding hydrogens is 436 g/mol. The Labute approximate surface area is 189 Å². The number of hydrogen-bond donors (Lipinski definition) is 0. The second-order valence-electron chi connectivity index (χ2n) is 7.62. The third-order valence-electron chi connectivity index (χ3n) is 5.59. The van der Waals surface area contributed by atoms with Crippen LogP contribution in [0.5, 0.6) is 11.5 Å². The molecular formula is C23H21ClN2O6. The van der Waals surface area contributed by atoms with E-state index in [2.05, 4.69) is 0 Å². The molecule has 32 heavy (non-hydrogen) atoms. The van der Waals surface area contributed by atoms with E-state index in [1.807, 2.05) is 0 Å². The van der Waals surface area contributed by atoms with Gasteiger partial charge in [-0.1, -0.05) is 17.7 Å². The van der Waals surface area contributed by atoms with Crippen molar-refractivity contribution in [3.8, 4) is 11.5 Å². The SMILES string of the molecule is O=C(c1ccc2c(c1)OCCO2)C1CCN(C(=O)/C=C/c2ccc(Cl)c([N+](=O)[O-])c2)CC1. The van der Waals surface area contributed by atoms with Crippen molar-refractivity contribution in [2.24, 2.45) is 5.92 Å². The van der Waals surface area contributed by atoms with Gasteiger partial charge >= 0.3 is 0 Å². The zero-order chi connectivity index (χ0) is 22.7. The lowest BCUT2D eigenvalue weighted by Crippen LogP contribution is -2.39. The molecule has 9 heteroatoms. The second-order valence-corrected chi connectivity index (χ2v) is 8.03. The molecule has 2 aliphatic rings. The van der Waals surface area contributed by atoms with Crippen LogP contribution in [-0.2, 0) is 4.79 Å². The topological polar surface area (TPSA) is 99.0 Å². The van der Waals surface area contributed by atoms with Gasteiger partial charge in [0, 0.05) is 36.7 Å². The fraction of sp³-hybridized carbons (Fsp3) is 0.304. The number of piperidine rings is 1. The molecule has 2 aromatic rings. The normalized spacial score (nSPS) is 16.2. The van der Waals surface area contributed by atoms with Gasteiger partial charge in [-0.25, -0.2) is 0 Å². The number of halogens is 1. The van der Waals surface area contributed by atoms with Gasteiger partial charge < -0.3 is 14.4 Å². The Morgan fingerprint density at radius 3 is 2.50 bits per heavy atom. The van der Waals surface area contributed by atoms with Crippen LogP contribution in [0.4, 0.5) is 5.69 Å². The number of amides is 1. The Kier molecular flexibility index (Phi) is 6.41. The van der Waals surface area contributed by atoms with Gasteiger partial charge in [0.25, 0.3) is 5.69 Å². The molecule has 8 nitrogen and oxygen atoms in total. The quantitative estimate of drug-likeness (QED) is 0.290. The van der Waals surface area contributed by atoms with E-state index in [4.69, 9.17) is 21.1 Å². The Bertz CT molecular complexity index is 1090. The minimum atomic E-state index is -0.564. The van der Waals surface area contributed by atoms with Gasteiger partial charge in [0.05, 0.1) is 4.92 Å². The van der Waals surface area contributed by atoms with Crippen LogP contribution in [0.1, 0.15) is 28.8 Å². The minimum absolute atomic E-state index is 0.0399. The van der Waals surface area contributed by atoms with Crippen molar-refractivity contribution in [2.45, 2.75) is 12.8 Å². The molecule has 0 radical (unpaired) electrons. The molecule has 0 bridgehead atoms. The van der Waals surface area contributed by atoms with Crippen molar-refractivity contribution < 1.29 is 24.0 Å². The lowest BCUT2D eigenvalue weighted by molar-refractivity contribution is -0.384. The monoisotopic (exact) mass is 456 g/mol. The van der Waals surface area contributed by atoms with Gasteiger partial charge in [0.1, 0.15) is 18.2 Å². The van der Waals surface area contributed by atoms with Crippen molar-refractivity contribution in [2.75, 3.05) is 26.3 Å². The summed E-state index contributed by atoms with van der Waals surface area (Å²) < 4.78 is 11.1. The smallest absolute Gasteiger partial charge is 0.288 e. The number of ether oxygens (including phenoxy) is 2. The number of benzene rings is 2. The van der Waals surface area contributed by atoms with Crippen LogP contribution in [0.3, 0.4) is 0 Å². The largest absolute Gasteiger partial charge is 0.486 e. The molecule has 1 saturated heterocycles. The highest BCUT2D eigenvalue weighted by Gasteiger charge is 2.28. The van der Waals surface area contributed by atoms with Crippen LogP contribution in [0.2, 0.25) is 5.02 Å². The number of Topliss-reactive ketones (excluding diaryl/α,β-unsaturated/α-hetero) is 1. The fourth-order valence-electron chi connectivity index (χ4n) is 3.84. The van der Waals surface area contributed by atoms with Crippen molar-refractivity contribution in [1.29, 1.82) is 0 Å². The number of carbonyl (C=O) groups is 2. The zero-order valence-electron chi connectivity index (χ0n) is 17.2. The molecule has 0 unspecified atom stereocenters. The molecule has 1 amide bonds. The van der Waals surface area contributed by atoms with E-state index in [0.29, 0.717) is 61.8 Å². The van der Waals surface area contributed by atoms with Crippen LogP contribution in [0.25, 0.3) is 6.08 Å². The van der Waals surface area contributed by atoms with Crippen LogP contribution in [-0.4, -0.2) is 47.8 Å². The summed E-state index contributed by atoms with van der Waals surface area (Å²) in [5, 5.41) is 11.0. The number of carbonyl (C=O) groups excluding carboxylic acids is 2. The van der Waals surface area contributed by atoms with Crippen molar-refractivity contribution in [3.63, 3.8) is 0 Å².